The first-order valence-electron chi connectivity index (χ1n) is 9.78. The fourth-order valence-electron chi connectivity index (χ4n) is 2.92. The lowest BCUT2D eigenvalue weighted by Gasteiger charge is -2.23. The van der Waals surface area contributed by atoms with E-state index in [-0.39, 0.29) is 11.4 Å². The zero-order chi connectivity index (χ0) is 21.7. The molecule has 2 aromatic carbocycles. The molecular weight excluding hydrogens is 394 g/mol. The molecule has 3 aromatic rings. The van der Waals surface area contributed by atoms with E-state index in [1.165, 1.54) is 0 Å². The SMILES string of the molecule is Cc1ccc(-c2nn(Cc3ccccc3)cc2C(=O)NNC(=S)NC(C)(C)C)cc1. The van der Waals surface area contributed by atoms with Gasteiger partial charge < -0.3 is 5.32 Å². The molecule has 7 heteroatoms. The van der Waals surface area contributed by atoms with Crippen LogP contribution in [0.5, 0.6) is 0 Å². The van der Waals surface area contributed by atoms with E-state index in [0.717, 1.165) is 16.7 Å². The first-order chi connectivity index (χ1) is 14.2. The smallest absolute Gasteiger partial charge is 0.273 e. The number of aryl methyl sites for hydroxylation is 1. The van der Waals surface area contributed by atoms with Gasteiger partial charge in [0.1, 0.15) is 5.69 Å². The van der Waals surface area contributed by atoms with Crippen molar-refractivity contribution in [1.82, 2.24) is 25.9 Å². The number of nitrogens with zero attached hydrogens (tertiary/aromatic N) is 2. The molecule has 0 saturated carbocycles. The number of amides is 1. The molecule has 6 nitrogen and oxygen atoms in total. The number of hydrogen-bond donors (Lipinski definition) is 3. The number of hydrogen-bond acceptors (Lipinski definition) is 3. The van der Waals surface area contributed by atoms with Gasteiger partial charge in [-0.3, -0.25) is 20.3 Å². The Morgan fingerprint density at radius 1 is 1.03 bits per heavy atom. The predicted molar refractivity (Wildman–Crippen MR) is 124 cm³/mol. The third-order valence-corrected chi connectivity index (χ3v) is 4.50. The zero-order valence-electron chi connectivity index (χ0n) is 17.7. The van der Waals surface area contributed by atoms with E-state index in [4.69, 9.17) is 17.3 Å². The molecule has 0 aliphatic rings. The molecule has 0 unspecified atom stereocenters. The summed E-state index contributed by atoms with van der Waals surface area (Å²) < 4.78 is 1.78. The van der Waals surface area contributed by atoms with Gasteiger partial charge in [-0.2, -0.15) is 5.10 Å². The van der Waals surface area contributed by atoms with Crippen LogP contribution in [0.2, 0.25) is 0 Å². The van der Waals surface area contributed by atoms with E-state index >= 15 is 0 Å². The molecule has 156 valence electrons. The van der Waals surface area contributed by atoms with Crippen LogP contribution in [0.15, 0.2) is 60.8 Å². The van der Waals surface area contributed by atoms with E-state index in [0.29, 0.717) is 22.9 Å². The topological polar surface area (TPSA) is 71.0 Å². The highest BCUT2D eigenvalue weighted by Crippen LogP contribution is 2.23. The van der Waals surface area contributed by atoms with E-state index in [2.05, 4.69) is 16.2 Å². The number of rotatable bonds is 4. The van der Waals surface area contributed by atoms with Gasteiger partial charge in [0.15, 0.2) is 5.11 Å². The highest BCUT2D eigenvalue weighted by molar-refractivity contribution is 7.80. The van der Waals surface area contributed by atoms with Crippen molar-refractivity contribution in [2.24, 2.45) is 0 Å². The van der Waals surface area contributed by atoms with E-state index in [1.54, 1.807) is 10.9 Å². The maximum absolute atomic E-state index is 12.9. The Hall–Kier alpha value is -3.19. The van der Waals surface area contributed by atoms with Crippen LogP contribution in [-0.4, -0.2) is 26.3 Å². The van der Waals surface area contributed by atoms with Crippen LogP contribution in [0.1, 0.15) is 42.3 Å². The van der Waals surface area contributed by atoms with Crippen LogP contribution in [-0.2, 0) is 6.54 Å². The summed E-state index contributed by atoms with van der Waals surface area (Å²) in [7, 11) is 0. The maximum Gasteiger partial charge on any atom is 0.273 e. The molecule has 0 atom stereocenters. The summed E-state index contributed by atoms with van der Waals surface area (Å²) in [6.45, 7) is 8.58. The van der Waals surface area contributed by atoms with Crippen molar-refractivity contribution in [1.29, 1.82) is 0 Å². The average Bonchev–Trinajstić information content (AvgIpc) is 3.10. The molecule has 30 heavy (non-hydrogen) atoms. The average molecular weight is 422 g/mol. The summed E-state index contributed by atoms with van der Waals surface area (Å²) in [6, 6.07) is 18.0. The molecule has 3 rings (SSSR count). The van der Waals surface area contributed by atoms with Crippen molar-refractivity contribution in [3.05, 3.63) is 77.5 Å². The molecule has 1 amide bonds. The van der Waals surface area contributed by atoms with Gasteiger partial charge in [0.25, 0.3) is 5.91 Å². The second-order valence-corrected chi connectivity index (χ2v) is 8.63. The van der Waals surface area contributed by atoms with Gasteiger partial charge in [-0.05, 0) is 45.5 Å². The van der Waals surface area contributed by atoms with Crippen LogP contribution >= 0.6 is 12.2 Å². The van der Waals surface area contributed by atoms with Gasteiger partial charge in [-0.1, -0.05) is 60.2 Å². The second kappa shape index (κ2) is 9.09. The molecule has 0 saturated heterocycles. The van der Waals surface area contributed by atoms with Crippen molar-refractivity contribution in [3.8, 4) is 11.3 Å². The Kier molecular flexibility index (Phi) is 6.52. The number of hydrazine groups is 1. The minimum Gasteiger partial charge on any atom is -0.357 e. The highest BCUT2D eigenvalue weighted by atomic mass is 32.1. The number of carbonyl (C=O) groups is 1. The largest absolute Gasteiger partial charge is 0.357 e. The number of thiocarbonyl (C=S) groups is 1. The predicted octanol–water partition coefficient (Wildman–Crippen LogP) is 3.81. The summed E-state index contributed by atoms with van der Waals surface area (Å²) in [5.74, 6) is -0.303. The summed E-state index contributed by atoms with van der Waals surface area (Å²) in [5, 5.41) is 8.15. The standard InChI is InChI=1S/C23H27N5OS/c1-16-10-12-18(13-11-16)20-19(21(29)25-26-22(30)24-23(2,3)4)15-28(27-20)14-17-8-6-5-7-9-17/h5-13,15H,14H2,1-4H3,(H,25,29)(H2,24,26,30). The van der Waals surface area contributed by atoms with Crippen LogP contribution in [0.4, 0.5) is 0 Å². The number of benzene rings is 2. The molecule has 1 heterocycles. The third-order valence-electron chi connectivity index (χ3n) is 4.30. The molecule has 1 aromatic heterocycles. The number of carbonyl (C=O) groups excluding carboxylic acids is 1. The van der Waals surface area contributed by atoms with E-state index in [9.17, 15) is 4.79 Å². The fraction of sp³-hybridized carbons (Fsp3) is 0.261. The lowest BCUT2D eigenvalue weighted by atomic mass is 10.1. The van der Waals surface area contributed by atoms with E-state index < -0.39 is 0 Å². The Morgan fingerprint density at radius 3 is 2.33 bits per heavy atom. The molecular formula is C23H27N5OS. The first kappa shape index (κ1) is 21.5. The Balaban J connectivity index is 1.84. The van der Waals surface area contributed by atoms with Gasteiger partial charge >= 0.3 is 0 Å². The van der Waals surface area contributed by atoms with Crippen LogP contribution in [0.25, 0.3) is 11.3 Å². The number of aromatic nitrogens is 2. The lowest BCUT2D eigenvalue weighted by molar-refractivity contribution is 0.0944. The molecule has 0 aliphatic heterocycles. The summed E-state index contributed by atoms with van der Waals surface area (Å²) in [5.41, 5.74) is 9.47. The maximum atomic E-state index is 12.9. The van der Waals surface area contributed by atoms with Crippen molar-refractivity contribution < 1.29 is 4.79 Å². The molecule has 0 radical (unpaired) electrons. The van der Waals surface area contributed by atoms with Gasteiger partial charge in [0, 0.05) is 17.3 Å². The lowest BCUT2D eigenvalue weighted by Crippen LogP contribution is -2.52. The quantitative estimate of drug-likeness (QED) is 0.441. The minimum absolute atomic E-state index is 0.206. The van der Waals surface area contributed by atoms with Crippen LogP contribution < -0.4 is 16.2 Å². The molecule has 0 aliphatic carbocycles. The van der Waals surface area contributed by atoms with E-state index in [1.807, 2.05) is 82.3 Å². The molecule has 3 N–H and O–H groups in total. The van der Waals surface area contributed by atoms with Gasteiger partial charge in [-0.15, -0.1) is 0 Å². The normalized spacial score (nSPS) is 11.1. The monoisotopic (exact) mass is 421 g/mol. The summed E-state index contributed by atoms with van der Waals surface area (Å²) in [4.78, 5) is 12.9. The fourth-order valence-corrected chi connectivity index (χ4v) is 3.27. The highest BCUT2D eigenvalue weighted by Gasteiger charge is 2.19. The van der Waals surface area contributed by atoms with Crippen molar-refractivity contribution in [2.75, 3.05) is 0 Å². The van der Waals surface area contributed by atoms with Gasteiger partial charge in [0.05, 0.1) is 12.1 Å². The van der Waals surface area contributed by atoms with Crippen LogP contribution in [0.3, 0.4) is 0 Å². The summed E-state index contributed by atoms with van der Waals surface area (Å²) >= 11 is 5.25. The Morgan fingerprint density at radius 2 is 1.70 bits per heavy atom. The summed E-state index contributed by atoms with van der Waals surface area (Å²) in [6.07, 6.45) is 1.76. The van der Waals surface area contributed by atoms with Crippen molar-refractivity contribution in [2.45, 2.75) is 39.8 Å². The zero-order valence-corrected chi connectivity index (χ0v) is 18.5. The van der Waals surface area contributed by atoms with Crippen molar-refractivity contribution >= 4 is 23.2 Å². The van der Waals surface area contributed by atoms with Crippen molar-refractivity contribution in [3.63, 3.8) is 0 Å². The third kappa shape index (κ3) is 5.90. The molecule has 0 spiro atoms. The Bertz CT molecular complexity index is 1020. The first-order valence-corrected chi connectivity index (χ1v) is 10.2. The number of nitrogens with one attached hydrogen (secondary N) is 3. The van der Waals surface area contributed by atoms with Gasteiger partial charge in [-0.25, -0.2) is 0 Å². The Labute approximate surface area is 182 Å². The van der Waals surface area contributed by atoms with Gasteiger partial charge in [0.2, 0.25) is 0 Å². The minimum atomic E-state index is -0.303. The van der Waals surface area contributed by atoms with Crippen LogP contribution in [0, 0.1) is 6.92 Å². The second-order valence-electron chi connectivity index (χ2n) is 8.22. The molecule has 0 bridgehead atoms. The molecule has 0 fully saturated rings.